The number of amides is 1. The average molecular weight is 494 g/mol. The molecule has 0 aliphatic carbocycles. The van der Waals surface area contributed by atoms with Gasteiger partial charge in [0, 0.05) is 17.8 Å². The van der Waals surface area contributed by atoms with E-state index in [4.69, 9.17) is 14.2 Å². The predicted octanol–water partition coefficient (Wildman–Crippen LogP) is 3.63. The molecule has 1 aromatic heterocycles. The van der Waals surface area contributed by atoms with Crippen LogP contribution in [0.1, 0.15) is 36.5 Å². The molecule has 0 spiro atoms. The molecule has 0 N–H and O–H groups in total. The first kappa shape index (κ1) is 24.0. The van der Waals surface area contributed by atoms with Crippen LogP contribution >= 0.6 is 0 Å². The third-order valence-corrected chi connectivity index (χ3v) is 7.25. The summed E-state index contributed by atoms with van der Waals surface area (Å²) in [6, 6.07) is 14.1. The minimum absolute atomic E-state index is 0.0645. The minimum atomic E-state index is -4.41. The van der Waals surface area contributed by atoms with E-state index in [0.717, 1.165) is 4.31 Å². The zero-order valence-corrected chi connectivity index (χ0v) is 20.2. The van der Waals surface area contributed by atoms with Crippen LogP contribution in [0, 0.1) is 11.3 Å². The summed E-state index contributed by atoms with van der Waals surface area (Å²) in [4.78, 5) is 17.9. The first-order valence-electron chi connectivity index (χ1n) is 10.9. The Hall–Kier alpha value is -4.10. The Labute approximate surface area is 203 Å². The fraction of sp³-hybridized carbons (Fsp3) is 0.240. The number of ether oxygens (including phenoxy) is 3. The predicted molar refractivity (Wildman–Crippen MR) is 127 cm³/mol. The van der Waals surface area contributed by atoms with E-state index < -0.39 is 21.8 Å². The second kappa shape index (κ2) is 9.64. The van der Waals surface area contributed by atoms with Crippen LogP contribution in [-0.4, -0.2) is 39.6 Å². The zero-order chi connectivity index (χ0) is 25.2. The molecule has 1 amide bonds. The number of benzene rings is 2. The summed E-state index contributed by atoms with van der Waals surface area (Å²) in [6.07, 6.45) is 1.53. The Morgan fingerprint density at radius 1 is 1.06 bits per heavy atom. The van der Waals surface area contributed by atoms with Crippen LogP contribution in [0.5, 0.6) is 17.4 Å². The molecule has 0 radical (unpaired) electrons. The number of methoxy groups -OCH3 is 1. The monoisotopic (exact) mass is 493 g/mol. The van der Waals surface area contributed by atoms with Crippen LogP contribution in [-0.2, 0) is 14.8 Å². The molecular weight excluding hydrogens is 470 g/mol. The van der Waals surface area contributed by atoms with Gasteiger partial charge in [-0.1, -0.05) is 6.07 Å². The Kier molecular flexibility index (Phi) is 6.62. The maximum Gasteiger partial charge on any atom is 0.274 e. The molecular formula is C25H23N3O6S. The van der Waals surface area contributed by atoms with Crippen molar-refractivity contribution in [2.24, 2.45) is 0 Å². The standard InChI is InChI=1S/C25H23N3O6S/c1-4-33-21-14-17(32-3)9-11-22(21)35(30,31)28-20-10-8-16(15-26)13-19(20)23(25(28)29)18-7-6-12-27-24(18)34-5-2/h6-14,23H,4-5H2,1-3H3. The molecule has 1 aliphatic heterocycles. The van der Waals surface area contributed by atoms with E-state index in [2.05, 4.69) is 4.98 Å². The maximum absolute atomic E-state index is 13.9. The Morgan fingerprint density at radius 2 is 1.83 bits per heavy atom. The van der Waals surface area contributed by atoms with Crippen molar-refractivity contribution in [2.75, 3.05) is 24.6 Å². The van der Waals surface area contributed by atoms with Gasteiger partial charge in [0.15, 0.2) is 0 Å². The molecule has 2 aromatic carbocycles. The van der Waals surface area contributed by atoms with Gasteiger partial charge in [0.25, 0.3) is 15.9 Å². The lowest BCUT2D eigenvalue weighted by Crippen LogP contribution is -2.35. The van der Waals surface area contributed by atoms with Crippen LogP contribution < -0.4 is 18.5 Å². The summed E-state index contributed by atoms with van der Waals surface area (Å²) in [7, 11) is -2.95. The number of carbonyl (C=O) groups excluding carboxylic acids is 1. The summed E-state index contributed by atoms with van der Waals surface area (Å²) in [6.45, 7) is 4.03. The molecule has 10 heteroatoms. The van der Waals surface area contributed by atoms with Crippen LogP contribution in [0.15, 0.2) is 59.6 Å². The topological polar surface area (TPSA) is 119 Å². The summed E-state index contributed by atoms with van der Waals surface area (Å²) in [5, 5.41) is 9.45. The third-order valence-electron chi connectivity index (χ3n) is 5.50. The SMILES string of the molecule is CCOc1cc(OC)ccc1S(=O)(=O)N1C(=O)C(c2cccnc2OCC)c2cc(C#N)ccc21. The average Bonchev–Trinajstić information content (AvgIpc) is 3.16. The Morgan fingerprint density at radius 3 is 2.51 bits per heavy atom. The molecule has 9 nitrogen and oxygen atoms in total. The van der Waals surface area contributed by atoms with Gasteiger partial charge in [-0.25, -0.2) is 17.7 Å². The Bertz CT molecular complexity index is 1430. The van der Waals surface area contributed by atoms with E-state index in [1.54, 1.807) is 26.0 Å². The van der Waals surface area contributed by atoms with E-state index >= 15 is 0 Å². The lowest BCUT2D eigenvalue weighted by atomic mass is 9.92. The molecule has 180 valence electrons. The van der Waals surface area contributed by atoms with Crippen LogP contribution in [0.3, 0.4) is 0 Å². The fourth-order valence-corrected chi connectivity index (χ4v) is 5.61. The van der Waals surface area contributed by atoms with E-state index in [-0.39, 0.29) is 28.8 Å². The van der Waals surface area contributed by atoms with Crippen molar-refractivity contribution < 1.29 is 27.4 Å². The number of rotatable bonds is 8. The first-order valence-corrected chi connectivity index (χ1v) is 12.3. The number of hydrogen-bond donors (Lipinski definition) is 0. The Balaban J connectivity index is 1.93. The number of anilines is 1. The molecule has 1 aliphatic rings. The van der Waals surface area contributed by atoms with Crippen molar-refractivity contribution in [1.29, 1.82) is 5.26 Å². The summed E-state index contributed by atoms with van der Waals surface area (Å²) in [5.74, 6) is -1.04. The van der Waals surface area contributed by atoms with Crippen molar-refractivity contribution in [3.63, 3.8) is 0 Å². The van der Waals surface area contributed by atoms with Gasteiger partial charge in [-0.15, -0.1) is 0 Å². The van der Waals surface area contributed by atoms with E-state index in [9.17, 15) is 18.5 Å². The zero-order valence-electron chi connectivity index (χ0n) is 19.4. The van der Waals surface area contributed by atoms with E-state index in [0.29, 0.717) is 29.0 Å². The highest BCUT2D eigenvalue weighted by Crippen LogP contribution is 2.47. The van der Waals surface area contributed by atoms with Gasteiger partial charge in [0.2, 0.25) is 5.88 Å². The molecule has 0 saturated carbocycles. The largest absolute Gasteiger partial charge is 0.497 e. The van der Waals surface area contributed by atoms with E-state index in [1.807, 2.05) is 6.07 Å². The van der Waals surface area contributed by atoms with Gasteiger partial charge in [0.1, 0.15) is 16.4 Å². The highest BCUT2D eigenvalue weighted by Gasteiger charge is 2.47. The summed E-state index contributed by atoms with van der Waals surface area (Å²) in [5.41, 5.74) is 1.23. The lowest BCUT2D eigenvalue weighted by molar-refractivity contribution is -0.117. The molecule has 2 heterocycles. The molecule has 0 bridgehead atoms. The maximum atomic E-state index is 13.9. The van der Waals surface area contributed by atoms with E-state index in [1.165, 1.54) is 49.7 Å². The van der Waals surface area contributed by atoms with Gasteiger partial charge < -0.3 is 14.2 Å². The third kappa shape index (κ3) is 4.15. The number of nitrogens with zero attached hydrogens (tertiary/aromatic N) is 3. The number of nitriles is 1. The number of pyridine rings is 1. The number of hydrogen-bond acceptors (Lipinski definition) is 8. The number of aromatic nitrogens is 1. The molecule has 35 heavy (non-hydrogen) atoms. The van der Waals surface area contributed by atoms with Crippen molar-refractivity contribution in [3.05, 3.63) is 71.4 Å². The van der Waals surface area contributed by atoms with Gasteiger partial charge >= 0.3 is 0 Å². The van der Waals surface area contributed by atoms with Gasteiger partial charge in [-0.05, 0) is 55.8 Å². The smallest absolute Gasteiger partial charge is 0.274 e. The number of sulfonamides is 1. The van der Waals surface area contributed by atoms with Crippen molar-refractivity contribution >= 4 is 21.6 Å². The van der Waals surface area contributed by atoms with Crippen molar-refractivity contribution in [2.45, 2.75) is 24.7 Å². The minimum Gasteiger partial charge on any atom is -0.497 e. The number of carbonyl (C=O) groups is 1. The van der Waals surface area contributed by atoms with Gasteiger partial charge in [0.05, 0.1) is 43.6 Å². The fourth-order valence-electron chi connectivity index (χ4n) is 4.03. The van der Waals surface area contributed by atoms with Gasteiger partial charge in [-0.3, -0.25) is 4.79 Å². The van der Waals surface area contributed by atoms with Gasteiger partial charge in [-0.2, -0.15) is 5.26 Å². The second-order valence-corrected chi connectivity index (χ2v) is 9.26. The molecule has 4 rings (SSSR count). The summed E-state index contributed by atoms with van der Waals surface area (Å²) >= 11 is 0. The van der Waals surface area contributed by atoms with Crippen LogP contribution in [0.4, 0.5) is 5.69 Å². The molecule has 3 aromatic rings. The normalized spacial score (nSPS) is 14.9. The first-order chi connectivity index (χ1) is 16.9. The van der Waals surface area contributed by atoms with Crippen LogP contribution in [0.2, 0.25) is 0 Å². The summed E-state index contributed by atoms with van der Waals surface area (Å²) < 4.78 is 45.0. The highest BCUT2D eigenvalue weighted by atomic mass is 32.2. The molecule has 0 saturated heterocycles. The molecule has 0 fully saturated rings. The quantitative estimate of drug-likeness (QED) is 0.467. The lowest BCUT2D eigenvalue weighted by Gasteiger charge is -2.21. The second-order valence-electron chi connectivity index (χ2n) is 7.50. The molecule has 1 unspecified atom stereocenters. The van der Waals surface area contributed by atoms with Crippen molar-refractivity contribution in [1.82, 2.24) is 4.98 Å². The highest BCUT2D eigenvalue weighted by molar-refractivity contribution is 7.93. The van der Waals surface area contributed by atoms with Crippen molar-refractivity contribution in [3.8, 4) is 23.4 Å². The number of fused-ring (bicyclic) bond motifs is 1. The molecule has 1 atom stereocenters. The van der Waals surface area contributed by atoms with Crippen LogP contribution in [0.25, 0.3) is 0 Å².